The first-order valence-electron chi connectivity index (χ1n) is 6.75. The standard InChI is InChI=1S/C15H12Cl2F2N2O3S/c1-25(23,24)21(10-3-4-11(16)12(17)7-10)8-15(22)20-9-2-5-13(18)14(19)6-9/h2-7H,8H2,1H3,(H,20,22). The number of hydrogen-bond donors (Lipinski definition) is 1. The fraction of sp³-hybridized carbons (Fsp3) is 0.133. The normalized spacial score (nSPS) is 11.2. The van der Waals surface area contributed by atoms with Crippen LogP contribution in [0.4, 0.5) is 20.2 Å². The summed E-state index contributed by atoms with van der Waals surface area (Å²) in [6.07, 6.45) is 0.917. The molecular formula is C15H12Cl2F2N2O3S. The van der Waals surface area contributed by atoms with E-state index in [1.54, 1.807) is 0 Å². The molecule has 0 bridgehead atoms. The van der Waals surface area contributed by atoms with Gasteiger partial charge in [0.15, 0.2) is 11.6 Å². The number of halogens is 4. The largest absolute Gasteiger partial charge is 0.324 e. The van der Waals surface area contributed by atoms with Crippen LogP contribution < -0.4 is 9.62 Å². The van der Waals surface area contributed by atoms with Gasteiger partial charge in [-0.15, -0.1) is 0 Å². The summed E-state index contributed by atoms with van der Waals surface area (Å²) < 4.78 is 50.8. The van der Waals surface area contributed by atoms with E-state index in [1.165, 1.54) is 18.2 Å². The van der Waals surface area contributed by atoms with E-state index >= 15 is 0 Å². The maximum Gasteiger partial charge on any atom is 0.245 e. The molecule has 0 aromatic heterocycles. The highest BCUT2D eigenvalue weighted by molar-refractivity contribution is 7.92. The summed E-state index contributed by atoms with van der Waals surface area (Å²) in [7, 11) is -3.81. The highest BCUT2D eigenvalue weighted by Crippen LogP contribution is 2.28. The molecule has 134 valence electrons. The number of hydrogen-bond acceptors (Lipinski definition) is 3. The van der Waals surface area contributed by atoms with Gasteiger partial charge in [-0.2, -0.15) is 0 Å². The third-order valence-corrected chi connectivity index (χ3v) is 4.96. The van der Waals surface area contributed by atoms with Crippen LogP contribution >= 0.6 is 23.2 Å². The van der Waals surface area contributed by atoms with Gasteiger partial charge in [0.05, 0.1) is 22.0 Å². The Labute approximate surface area is 153 Å². The van der Waals surface area contributed by atoms with Gasteiger partial charge < -0.3 is 5.32 Å². The molecule has 5 nitrogen and oxygen atoms in total. The average molecular weight is 409 g/mol. The van der Waals surface area contributed by atoms with Crippen molar-refractivity contribution in [3.8, 4) is 0 Å². The van der Waals surface area contributed by atoms with E-state index in [9.17, 15) is 22.0 Å². The molecule has 2 aromatic carbocycles. The van der Waals surface area contributed by atoms with Gasteiger partial charge >= 0.3 is 0 Å². The molecule has 10 heteroatoms. The monoisotopic (exact) mass is 408 g/mol. The van der Waals surface area contributed by atoms with Gasteiger partial charge in [-0.25, -0.2) is 17.2 Å². The molecule has 0 fully saturated rings. The molecule has 2 rings (SSSR count). The summed E-state index contributed by atoms with van der Waals surface area (Å²) in [4.78, 5) is 12.1. The van der Waals surface area contributed by atoms with Gasteiger partial charge in [0.25, 0.3) is 0 Å². The number of carbonyl (C=O) groups is 1. The Morgan fingerprint density at radius 2 is 1.76 bits per heavy atom. The number of benzene rings is 2. The fourth-order valence-electron chi connectivity index (χ4n) is 1.95. The van der Waals surface area contributed by atoms with Gasteiger partial charge in [-0.1, -0.05) is 23.2 Å². The molecule has 0 aliphatic carbocycles. The topological polar surface area (TPSA) is 66.5 Å². The van der Waals surface area contributed by atoms with E-state index in [2.05, 4.69) is 5.32 Å². The van der Waals surface area contributed by atoms with Crippen molar-refractivity contribution < 1.29 is 22.0 Å². The van der Waals surface area contributed by atoms with Crippen LogP contribution in [0.25, 0.3) is 0 Å². The minimum atomic E-state index is -3.81. The molecule has 0 aliphatic rings. The van der Waals surface area contributed by atoms with Gasteiger partial charge in [-0.05, 0) is 30.3 Å². The first kappa shape index (κ1) is 19.4. The van der Waals surface area contributed by atoms with Gasteiger partial charge in [0.2, 0.25) is 15.9 Å². The molecule has 2 aromatic rings. The number of amides is 1. The minimum Gasteiger partial charge on any atom is -0.324 e. The van der Waals surface area contributed by atoms with Crippen LogP contribution in [0.15, 0.2) is 36.4 Å². The molecule has 0 saturated carbocycles. The van der Waals surface area contributed by atoms with Crippen molar-refractivity contribution in [2.24, 2.45) is 0 Å². The Morgan fingerprint density at radius 1 is 1.08 bits per heavy atom. The Bertz CT molecular complexity index is 923. The molecule has 1 N–H and O–H groups in total. The lowest BCUT2D eigenvalue weighted by Crippen LogP contribution is -2.37. The number of nitrogens with one attached hydrogen (secondary N) is 1. The van der Waals surface area contributed by atoms with Crippen LogP contribution in [0.2, 0.25) is 10.0 Å². The lowest BCUT2D eigenvalue weighted by molar-refractivity contribution is -0.114. The highest BCUT2D eigenvalue weighted by Gasteiger charge is 2.22. The van der Waals surface area contributed by atoms with E-state index in [4.69, 9.17) is 23.2 Å². The zero-order chi connectivity index (χ0) is 18.8. The van der Waals surface area contributed by atoms with E-state index in [0.29, 0.717) is 0 Å². The van der Waals surface area contributed by atoms with Crippen molar-refractivity contribution in [1.29, 1.82) is 0 Å². The quantitative estimate of drug-likeness (QED) is 0.820. The Hall–Kier alpha value is -1.90. The van der Waals surface area contributed by atoms with Gasteiger partial charge in [0, 0.05) is 11.8 Å². The molecule has 0 heterocycles. The average Bonchev–Trinajstić information content (AvgIpc) is 2.50. The highest BCUT2D eigenvalue weighted by atomic mass is 35.5. The van der Waals surface area contributed by atoms with Crippen LogP contribution in [0.3, 0.4) is 0 Å². The molecular weight excluding hydrogens is 397 g/mol. The van der Waals surface area contributed by atoms with E-state index in [0.717, 1.165) is 28.8 Å². The first-order chi connectivity index (χ1) is 11.6. The van der Waals surface area contributed by atoms with Crippen molar-refractivity contribution in [3.05, 3.63) is 58.1 Å². The first-order valence-corrected chi connectivity index (χ1v) is 9.36. The number of carbonyl (C=O) groups excluding carboxylic acids is 1. The third kappa shape index (κ3) is 5.04. The molecule has 0 unspecified atom stereocenters. The molecule has 0 aliphatic heterocycles. The van der Waals surface area contributed by atoms with E-state index in [-0.39, 0.29) is 21.4 Å². The van der Waals surface area contributed by atoms with Crippen LogP contribution in [-0.4, -0.2) is 27.1 Å². The summed E-state index contributed by atoms with van der Waals surface area (Å²) >= 11 is 11.7. The predicted octanol–water partition coefficient (Wildman–Crippen LogP) is 3.68. The van der Waals surface area contributed by atoms with Crippen LogP contribution in [0.1, 0.15) is 0 Å². The molecule has 0 saturated heterocycles. The zero-order valence-electron chi connectivity index (χ0n) is 12.8. The Balaban J connectivity index is 2.23. The summed E-state index contributed by atoms with van der Waals surface area (Å²) in [5.74, 6) is -2.95. The Kier molecular flexibility index (Phi) is 5.87. The minimum absolute atomic E-state index is 0.00788. The lowest BCUT2D eigenvalue weighted by atomic mass is 10.3. The number of sulfonamides is 1. The molecule has 1 amide bonds. The molecule has 25 heavy (non-hydrogen) atoms. The second-order valence-corrected chi connectivity index (χ2v) is 7.77. The SMILES string of the molecule is CS(=O)(=O)N(CC(=O)Nc1ccc(F)c(F)c1)c1ccc(Cl)c(Cl)c1. The maximum atomic E-state index is 13.2. The predicted molar refractivity (Wildman–Crippen MR) is 93.6 cm³/mol. The Morgan fingerprint density at radius 3 is 2.32 bits per heavy atom. The van der Waals surface area contributed by atoms with Crippen molar-refractivity contribution in [2.75, 3.05) is 22.4 Å². The number of nitrogens with zero attached hydrogens (tertiary/aromatic N) is 1. The van der Waals surface area contributed by atoms with Crippen molar-refractivity contribution >= 4 is 50.5 Å². The van der Waals surface area contributed by atoms with Gasteiger partial charge in [-0.3, -0.25) is 9.10 Å². The molecule has 0 atom stereocenters. The summed E-state index contributed by atoms with van der Waals surface area (Å²) in [6.45, 7) is -0.588. The second-order valence-electron chi connectivity index (χ2n) is 5.05. The smallest absolute Gasteiger partial charge is 0.245 e. The molecule has 0 radical (unpaired) electrons. The van der Waals surface area contributed by atoms with E-state index < -0.39 is 34.1 Å². The maximum absolute atomic E-state index is 13.2. The second kappa shape index (κ2) is 7.55. The number of rotatable bonds is 5. The van der Waals surface area contributed by atoms with Crippen LogP contribution in [-0.2, 0) is 14.8 Å². The lowest BCUT2D eigenvalue weighted by Gasteiger charge is -2.22. The zero-order valence-corrected chi connectivity index (χ0v) is 15.1. The fourth-order valence-corrected chi connectivity index (χ4v) is 3.09. The number of anilines is 2. The van der Waals surface area contributed by atoms with Crippen LogP contribution in [0, 0.1) is 11.6 Å². The van der Waals surface area contributed by atoms with Crippen LogP contribution in [0.5, 0.6) is 0 Å². The van der Waals surface area contributed by atoms with Crippen molar-refractivity contribution in [1.82, 2.24) is 0 Å². The summed E-state index contributed by atoms with van der Waals surface area (Å²) in [6, 6.07) is 6.87. The van der Waals surface area contributed by atoms with Gasteiger partial charge in [0.1, 0.15) is 6.54 Å². The van der Waals surface area contributed by atoms with Crippen molar-refractivity contribution in [2.45, 2.75) is 0 Å². The third-order valence-electron chi connectivity index (χ3n) is 3.08. The summed E-state index contributed by atoms with van der Waals surface area (Å²) in [5.41, 5.74) is 0.129. The molecule has 0 spiro atoms. The summed E-state index contributed by atoms with van der Waals surface area (Å²) in [5, 5.41) is 2.64. The van der Waals surface area contributed by atoms with E-state index in [1.807, 2.05) is 0 Å². The van der Waals surface area contributed by atoms with Crippen molar-refractivity contribution in [3.63, 3.8) is 0 Å².